The molecule has 6 heteroatoms. The van der Waals surface area contributed by atoms with Crippen LogP contribution in [0.1, 0.15) is 30.4 Å². The van der Waals surface area contributed by atoms with Crippen molar-refractivity contribution in [2.24, 2.45) is 0 Å². The fraction of sp³-hybridized carbons (Fsp3) is 0.625. The van der Waals surface area contributed by atoms with Crippen molar-refractivity contribution < 1.29 is 13.2 Å². The summed E-state index contributed by atoms with van der Waals surface area (Å²) >= 11 is 0. The van der Waals surface area contributed by atoms with Crippen molar-refractivity contribution in [3.8, 4) is 0 Å². The van der Waals surface area contributed by atoms with Crippen LogP contribution in [0, 0.1) is 0 Å². The van der Waals surface area contributed by atoms with Crippen molar-refractivity contribution >= 4 is 0 Å². The molecule has 1 aromatic rings. The van der Waals surface area contributed by atoms with E-state index in [0.29, 0.717) is 5.82 Å². The lowest BCUT2D eigenvalue weighted by Crippen LogP contribution is -2.14. The normalized spacial score (nSPS) is 22.9. The van der Waals surface area contributed by atoms with Crippen LogP contribution in [0.25, 0.3) is 0 Å². The molecule has 1 saturated heterocycles. The zero-order valence-electron chi connectivity index (χ0n) is 7.36. The molecule has 14 heavy (non-hydrogen) atoms. The van der Waals surface area contributed by atoms with E-state index >= 15 is 0 Å². The SMILES string of the molecule is FC(F)(F)c1cnc([C@H]2CCCN2)[nH]1. The van der Waals surface area contributed by atoms with Crippen molar-refractivity contribution in [3.05, 3.63) is 17.7 Å². The molecule has 2 N–H and O–H groups in total. The molecule has 1 fully saturated rings. The second-order valence-electron chi connectivity index (χ2n) is 3.33. The first-order valence-electron chi connectivity index (χ1n) is 4.43. The Morgan fingerprint density at radius 1 is 1.43 bits per heavy atom. The second-order valence-corrected chi connectivity index (χ2v) is 3.33. The fourth-order valence-electron chi connectivity index (χ4n) is 1.58. The molecule has 2 heterocycles. The average molecular weight is 205 g/mol. The summed E-state index contributed by atoms with van der Waals surface area (Å²) in [7, 11) is 0. The summed E-state index contributed by atoms with van der Waals surface area (Å²) in [5, 5.41) is 3.08. The minimum Gasteiger partial charge on any atom is -0.337 e. The van der Waals surface area contributed by atoms with Gasteiger partial charge in [-0.25, -0.2) is 4.98 Å². The molecular formula is C8H10F3N3. The summed E-state index contributed by atoms with van der Waals surface area (Å²) in [6.07, 6.45) is -1.67. The molecule has 78 valence electrons. The van der Waals surface area contributed by atoms with E-state index in [1.165, 1.54) is 0 Å². The molecule has 1 aromatic heterocycles. The van der Waals surface area contributed by atoms with Crippen LogP contribution < -0.4 is 5.32 Å². The lowest BCUT2D eigenvalue weighted by Gasteiger charge is -2.06. The van der Waals surface area contributed by atoms with Crippen LogP contribution >= 0.6 is 0 Å². The molecule has 0 unspecified atom stereocenters. The average Bonchev–Trinajstić information content (AvgIpc) is 2.73. The van der Waals surface area contributed by atoms with Gasteiger partial charge < -0.3 is 10.3 Å². The summed E-state index contributed by atoms with van der Waals surface area (Å²) in [4.78, 5) is 6.02. The van der Waals surface area contributed by atoms with E-state index in [4.69, 9.17) is 0 Å². The van der Waals surface area contributed by atoms with Gasteiger partial charge in [0.2, 0.25) is 0 Å². The van der Waals surface area contributed by atoms with Gasteiger partial charge in [0.05, 0.1) is 12.2 Å². The van der Waals surface area contributed by atoms with Gasteiger partial charge in [-0.15, -0.1) is 0 Å². The van der Waals surface area contributed by atoms with Gasteiger partial charge in [-0.3, -0.25) is 0 Å². The number of hydrogen-bond donors (Lipinski definition) is 2. The van der Waals surface area contributed by atoms with Crippen LogP contribution in [-0.2, 0) is 6.18 Å². The third-order valence-corrected chi connectivity index (χ3v) is 2.29. The number of imidazole rings is 1. The largest absolute Gasteiger partial charge is 0.432 e. The quantitative estimate of drug-likeness (QED) is 0.734. The van der Waals surface area contributed by atoms with Crippen LogP contribution in [-0.4, -0.2) is 16.5 Å². The number of nitrogens with zero attached hydrogens (tertiary/aromatic N) is 1. The number of aromatic nitrogens is 2. The minimum absolute atomic E-state index is 0.0499. The first-order chi connectivity index (χ1) is 6.57. The van der Waals surface area contributed by atoms with Gasteiger partial charge in [0, 0.05) is 0 Å². The third-order valence-electron chi connectivity index (χ3n) is 2.29. The van der Waals surface area contributed by atoms with Crippen LogP contribution in [0.3, 0.4) is 0 Å². The summed E-state index contributed by atoms with van der Waals surface area (Å²) < 4.78 is 36.6. The Morgan fingerprint density at radius 3 is 2.71 bits per heavy atom. The van der Waals surface area contributed by atoms with Gasteiger partial charge in [0.1, 0.15) is 11.5 Å². The summed E-state index contributed by atoms with van der Waals surface area (Å²) in [5.41, 5.74) is -0.777. The van der Waals surface area contributed by atoms with Gasteiger partial charge in [-0.2, -0.15) is 13.2 Å². The van der Waals surface area contributed by atoms with E-state index in [1.807, 2.05) is 0 Å². The van der Waals surface area contributed by atoms with Crippen LogP contribution in [0.4, 0.5) is 13.2 Å². The molecule has 3 nitrogen and oxygen atoms in total. The molecule has 1 aliphatic heterocycles. The van der Waals surface area contributed by atoms with E-state index in [1.54, 1.807) is 0 Å². The van der Waals surface area contributed by atoms with Crippen LogP contribution in [0.15, 0.2) is 6.20 Å². The van der Waals surface area contributed by atoms with Gasteiger partial charge in [-0.1, -0.05) is 0 Å². The molecule has 0 aliphatic carbocycles. The molecule has 0 spiro atoms. The van der Waals surface area contributed by atoms with Crippen molar-refractivity contribution in [2.45, 2.75) is 25.1 Å². The Balaban J connectivity index is 2.17. The highest BCUT2D eigenvalue weighted by Gasteiger charge is 2.34. The molecule has 1 atom stereocenters. The van der Waals surface area contributed by atoms with Crippen molar-refractivity contribution in [1.29, 1.82) is 0 Å². The van der Waals surface area contributed by atoms with Gasteiger partial charge in [0.25, 0.3) is 0 Å². The maximum atomic E-state index is 12.2. The van der Waals surface area contributed by atoms with Crippen molar-refractivity contribution in [1.82, 2.24) is 15.3 Å². The Labute approximate surface area is 78.7 Å². The fourth-order valence-corrected chi connectivity index (χ4v) is 1.58. The van der Waals surface area contributed by atoms with E-state index in [0.717, 1.165) is 25.6 Å². The first kappa shape index (κ1) is 9.51. The summed E-state index contributed by atoms with van der Waals surface area (Å²) in [6.45, 7) is 0.840. The lowest BCUT2D eigenvalue weighted by atomic mass is 10.2. The molecule has 2 rings (SSSR count). The smallest absolute Gasteiger partial charge is 0.337 e. The third kappa shape index (κ3) is 1.75. The predicted molar refractivity (Wildman–Crippen MR) is 43.6 cm³/mol. The molecule has 0 radical (unpaired) electrons. The number of rotatable bonds is 1. The van der Waals surface area contributed by atoms with Crippen LogP contribution in [0.2, 0.25) is 0 Å². The van der Waals surface area contributed by atoms with E-state index < -0.39 is 11.9 Å². The zero-order valence-corrected chi connectivity index (χ0v) is 7.36. The van der Waals surface area contributed by atoms with Crippen LogP contribution in [0.5, 0.6) is 0 Å². The molecule has 0 bridgehead atoms. The number of nitrogens with one attached hydrogen (secondary N) is 2. The molecule has 0 saturated carbocycles. The molecule has 1 aliphatic rings. The lowest BCUT2D eigenvalue weighted by molar-refractivity contribution is -0.140. The maximum Gasteiger partial charge on any atom is 0.432 e. The topological polar surface area (TPSA) is 40.7 Å². The molecule has 0 aromatic carbocycles. The maximum absolute atomic E-state index is 12.2. The number of halogens is 3. The Kier molecular flexibility index (Phi) is 2.22. The Hall–Kier alpha value is -1.04. The van der Waals surface area contributed by atoms with Crippen molar-refractivity contribution in [3.63, 3.8) is 0 Å². The van der Waals surface area contributed by atoms with Gasteiger partial charge in [-0.05, 0) is 19.4 Å². The monoisotopic (exact) mass is 205 g/mol. The first-order valence-corrected chi connectivity index (χ1v) is 4.43. The molecule has 0 amide bonds. The number of alkyl halides is 3. The second kappa shape index (κ2) is 3.27. The zero-order chi connectivity index (χ0) is 10.2. The Bertz CT molecular complexity index is 312. The van der Waals surface area contributed by atoms with E-state index in [2.05, 4.69) is 15.3 Å². The summed E-state index contributed by atoms with van der Waals surface area (Å²) in [6, 6.07) is -0.0499. The highest BCUT2D eigenvalue weighted by atomic mass is 19.4. The predicted octanol–water partition coefficient (Wildman–Crippen LogP) is 1.85. The number of H-pyrrole nitrogens is 1. The number of aromatic amines is 1. The summed E-state index contributed by atoms with van der Waals surface area (Å²) in [5.74, 6) is 0.384. The van der Waals surface area contributed by atoms with Gasteiger partial charge in [0.15, 0.2) is 0 Å². The minimum atomic E-state index is -4.33. The van der Waals surface area contributed by atoms with Gasteiger partial charge >= 0.3 is 6.18 Å². The number of hydrogen-bond acceptors (Lipinski definition) is 2. The highest BCUT2D eigenvalue weighted by molar-refractivity contribution is 5.08. The van der Waals surface area contributed by atoms with E-state index in [-0.39, 0.29) is 6.04 Å². The Morgan fingerprint density at radius 2 is 2.21 bits per heavy atom. The van der Waals surface area contributed by atoms with Crippen molar-refractivity contribution in [2.75, 3.05) is 6.54 Å². The van der Waals surface area contributed by atoms with E-state index in [9.17, 15) is 13.2 Å². The standard InChI is InChI=1S/C8H10F3N3/c9-8(10,11)6-4-13-7(14-6)5-2-1-3-12-5/h4-5,12H,1-3H2,(H,13,14)/t5-/m1/s1. The highest BCUT2D eigenvalue weighted by Crippen LogP contribution is 2.29. The molecular weight excluding hydrogens is 195 g/mol.